The predicted octanol–water partition coefficient (Wildman–Crippen LogP) is 4.93. The molecule has 0 N–H and O–H groups in total. The molecule has 3 rings (SSSR count). The number of hydrogen-bond donors (Lipinski definition) is 0. The quantitative estimate of drug-likeness (QED) is 0.413. The van der Waals surface area contributed by atoms with Gasteiger partial charge in [-0.1, -0.05) is 47.5 Å². The number of nitrogens with zero attached hydrogens (tertiary/aromatic N) is 1. The molecular formula is C20H13Cl2NO4. The van der Waals surface area contributed by atoms with Crippen molar-refractivity contribution < 1.29 is 19.1 Å². The monoisotopic (exact) mass is 401 g/mol. The van der Waals surface area contributed by atoms with Crippen molar-refractivity contribution in [2.45, 2.75) is 6.92 Å². The summed E-state index contributed by atoms with van der Waals surface area (Å²) in [5.41, 5.74) is 1.55. The molecule has 0 radical (unpaired) electrons. The molecule has 0 saturated carbocycles. The summed E-state index contributed by atoms with van der Waals surface area (Å²) in [6.07, 6.45) is 4.78. The molecule has 0 aromatic heterocycles. The SMILES string of the molecule is CC(=O)Oc1ccc(/C=C2N=C(/C=C/c3cccc(Cl)c3Cl)OC\2=O)cc1. The molecule has 1 aliphatic rings. The van der Waals surface area contributed by atoms with Gasteiger partial charge in [-0.2, -0.15) is 0 Å². The van der Waals surface area contributed by atoms with Crippen LogP contribution in [-0.2, 0) is 14.3 Å². The summed E-state index contributed by atoms with van der Waals surface area (Å²) in [4.78, 5) is 27.1. The minimum absolute atomic E-state index is 0.152. The van der Waals surface area contributed by atoms with Gasteiger partial charge in [-0.3, -0.25) is 4.79 Å². The fourth-order valence-corrected chi connectivity index (χ4v) is 2.63. The molecule has 0 fully saturated rings. The molecule has 7 heteroatoms. The zero-order valence-corrected chi connectivity index (χ0v) is 15.6. The summed E-state index contributed by atoms with van der Waals surface area (Å²) in [6.45, 7) is 1.32. The van der Waals surface area contributed by atoms with E-state index in [1.165, 1.54) is 6.92 Å². The molecule has 1 aliphatic heterocycles. The van der Waals surface area contributed by atoms with Crippen molar-refractivity contribution in [3.63, 3.8) is 0 Å². The van der Waals surface area contributed by atoms with E-state index in [1.807, 2.05) is 0 Å². The maximum Gasteiger partial charge on any atom is 0.363 e. The minimum atomic E-state index is -0.559. The Morgan fingerprint density at radius 1 is 1.11 bits per heavy atom. The van der Waals surface area contributed by atoms with Crippen molar-refractivity contribution in [1.29, 1.82) is 0 Å². The van der Waals surface area contributed by atoms with Gasteiger partial charge in [0.25, 0.3) is 0 Å². The Morgan fingerprint density at radius 2 is 1.85 bits per heavy atom. The van der Waals surface area contributed by atoms with Gasteiger partial charge in [0.1, 0.15) is 5.75 Å². The van der Waals surface area contributed by atoms with Crippen LogP contribution in [0.1, 0.15) is 18.1 Å². The molecule has 0 unspecified atom stereocenters. The summed E-state index contributed by atoms with van der Waals surface area (Å²) >= 11 is 12.1. The normalized spacial score (nSPS) is 15.1. The zero-order valence-electron chi connectivity index (χ0n) is 14.1. The fraction of sp³-hybridized carbons (Fsp3) is 0.0500. The molecular weight excluding hydrogens is 389 g/mol. The van der Waals surface area contributed by atoms with Crippen LogP contribution < -0.4 is 4.74 Å². The third-order valence-corrected chi connectivity index (χ3v) is 4.30. The number of cyclic esters (lactones) is 1. The maximum absolute atomic E-state index is 12.0. The number of benzene rings is 2. The molecule has 2 aromatic rings. The number of ether oxygens (including phenoxy) is 2. The first-order valence-electron chi connectivity index (χ1n) is 7.85. The van der Waals surface area contributed by atoms with Gasteiger partial charge >= 0.3 is 11.9 Å². The van der Waals surface area contributed by atoms with E-state index in [-0.39, 0.29) is 11.6 Å². The van der Waals surface area contributed by atoms with E-state index >= 15 is 0 Å². The van der Waals surface area contributed by atoms with Gasteiger partial charge in [-0.25, -0.2) is 9.79 Å². The van der Waals surface area contributed by atoms with Crippen LogP contribution in [0.5, 0.6) is 5.75 Å². The van der Waals surface area contributed by atoms with Gasteiger partial charge in [-0.05, 0) is 41.5 Å². The van der Waals surface area contributed by atoms with E-state index in [0.29, 0.717) is 26.9 Å². The number of halogens is 2. The van der Waals surface area contributed by atoms with Crippen molar-refractivity contribution in [2.24, 2.45) is 4.99 Å². The van der Waals surface area contributed by atoms with E-state index in [0.717, 1.165) is 0 Å². The van der Waals surface area contributed by atoms with Crippen LogP contribution in [0.25, 0.3) is 12.2 Å². The lowest BCUT2D eigenvalue weighted by molar-refractivity contribution is -0.132. The number of esters is 2. The minimum Gasteiger partial charge on any atom is -0.427 e. The number of hydrogen-bond acceptors (Lipinski definition) is 5. The van der Waals surface area contributed by atoms with E-state index in [9.17, 15) is 9.59 Å². The van der Waals surface area contributed by atoms with Crippen LogP contribution in [-0.4, -0.2) is 17.8 Å². The van der Waals surface area contributed by atoms with Gasteiger partial charge < -0.3 is 9.47 Å². The van der Waals surface area contributed by atoms with Gasteiger partial charge in [-0.15, -0.1) is 0 Å². The van der Waals surface area contributed by atoms with Crippen LogP contribution in [0.4, 0.5) is 0 Å². The number of carbonyl (C=O) groups is 2. The van der Waals surface area contributed by atoms with Gasteiger partial charge in [0, 0.05) is 13.0 Å². The van der Waals surface area contributed by atoms with Gasteiger partial charge in [0.15, 0.2) is 5.70 Å². The summed E-state index contributed by atoms with van der Waals surface area (Å²) < 4.78 is 10.1. The van der Waals surface area contributed by atoms with Crippen LogP contribution in [0.15, 0.2) is 59.2 Å². The lowest BCUT2D eigenvalue weighted by Crippen LogP contribution is -2.01. The number of rotatable bonds is 4. The second-order valence-corrected chi connectivity index (χ2v) is 6.29. The van der Waals surface area contributed by atoms with E-state index in [1.54, 1.807) is 60.7 Å². The molecule has 0 bridgehead atoms. The average molecular weight is 402 g/mol. The highest BCUT2D eigenvalue weighted by molar-refractivity contribution is 6.42. The maximum atomic E-state index is 12.0. The van der Waals surface area contributed by atoms with E-state index < -0.39 is 11.9 Å². The molecule has 0 atom stereocenters. The number of carbonyl (C=O) groups excluding carboxylic acids is 2. The third kappa shape index (κ3) is 4.84. The summed E-state index contributed by atoms with van der Waals surface area (Å²) in [5.74, 6) is -0.389. The van der Waals surface area contributed by atoms with Crippen LogP contribution in [0.2, 0.25) is 10.0 Å². The largest absolute Gasteiger partial charge is 0.427 e. The molecule has 27 heavy (non-hydrogen) atoms. The number of aliphatic imine (C=N–C) groups is 1. The Hall–Kier alpha value is -2.89. The molecule has 1 heterocycles. The molecule has 2 aromatic carbocycles. The average Bonchev–Trinajstić information content (AvgIpc) is 2.97. The van der Waals surface area contributed by atoms with Crippen molar-refractivity contribution >= 4 is 53.2 Å². The lowest BCUT2D eigenvalue weighted by atomic mass is 10.2. The highest BCUT2D eigenvalue weighted by Crippen LogP contribution is 2.27. The summed E-state index contributed by atoms with van der Waals surface area (Å²) in [6, 6.07) is 11.9. The Balaban J connectivity index is 1.77. The van der Waals surface area contributed by atoms with Crippen molar-refractivity contribution in [3.05, 3.63) is 75.4 Å². The Bertz CT molecular complexity index is 992. The van der Waals surface area contributed by atoms with Crippen LogP contribution in [0, 0.1) is 0 Å². The lowest BCUT2D eigenvalue weighted by Gasteiger charge is -2.00. The topological polar surface area (TPSA) is 65.0 Å². The highest BCUT2D eigenvalue weighted by atomic mass is 35.5. The Labute approximate surface area is 165 Å². The predicted molar refractivity (Wildman–Crippen MR) is 105 cm³/mol. The molecule has 0 amide bonds. The Morgan fingerprint density at radius 3 is 2.56 bits per heavy atom. The fourth-order valence-electron chi connectivity index (χ4n) is 2.26. The summed E-state index contributed by atoms with van der Waals surface area (Å²) in [7, 11) is 0. The standard InChI is InChI=1S/C20H13Cl2NO4/c1-12(24)26-15-8-5-13(6-9-15)11-17-20(25)27-18(23-17)10-7-14-3-2-4-16(21)19(14)22/h2-11H,1H3/b10-7+,17-11-. The zero-order chi connectivity index (χ0) is 19.4. The summed E-state index contributed by atoms with van der Waals surface area (Å²) in [5, 5.41) is 0.839. The highest BCUT2D eigenvalue weighted by Gasteiger charge is 2.21. The Kier molecular flexibility index (Phi) is 5.74. The van der Waals surface area contributed by atoms with Crippen LogP contribution >= 0.6 is 23.2 Å². The second-order valence-electron chi connectivity index (χ2n) is 5.51. The molecule has 0 aliphatic carbocycles. The molecule has 136 valence electrons. The van der Waals surface area contributed by atoms with E-state index in [4.69, 9.17) is 32.7 Å². The molecule has 0 saturated heterocycles. The molecule has 0 spiro atoms. The van der Waals surface area contributed by atoms with Crippen LogP contribution in [0.3, 0.4) is 0 Å². The van der Waals surface area contributed by atoms with Gasteiger partial charge in [0.05, 0.1) is 10.0 Å². The molecule has 5 nitrogen and oxygen atoms in total. The first-order chi connectivity index (χ1) is 12.9. The second kappa shape index (κ2) is 8.20. The van der Waals surface area contributed by atoms with Crippen molar-refractivity contribution in [3.8, 4) is 5.75 Å². The first kappa shape index (κ1) is 18.9. The third-order valence-electron chi connectivity index (χ3n) is 3.47. The smallest absolute Gasteiger partial charge is 0.363 e. The van der Waals surface area contributed by atoms with E-state index in [2.05, 4.69) is 4.99 Å². The first-order valence-corrected chi connectivity index (χ1v) is 8.61. The van der Waals surface area contributed by atoms with Crippen molar-refractivity contribution in [1.82, 2.24) is 0 Å². The van der Waals surface area contributed by atoms with Crippen molar-refractivity contribution in [2.75, 3.05) is 0 Å². The van der Waals surface area contributed by atoms with Gasteiger partial charge in [0.2, 0.25) is 5.90 Å².